The molecule has 3 heterocycles. The summed E-state index contributed by atoms with van der Waals surface area (Å²) in [7, 11) is 2.23. The fourth-order valence-electron chi connectivity index (χ4n) is 3.85. The smallest absolute Gasteiger partial charge is 0.347 e. The van der Waals surface area contributed by atoms with E-state index in [1.54, 1.807) is 0 Å². The van der Waals surface area contributed by atoms with Gasteiger partial charge in [-0.15, -0.1) is 11.3 Å². The number of rotatable bonds is 4. The standard InChI is InChI=1S/C16H24N2O2S/c1-9(2)6-13-14(16(19)20)21-15(17-13)10-7-11-4-5-12(8-10)18(11)3/h9-12H,4-8H2,1-3H3,(H,19,20). The number of carboxylic acids is 1. The zero-order chi connectivity index (χ0) is 15.1. The number of thiazole rings is 1. The van der Waals surface area contributed by atoms with E-state index in [9.17, 15) is 9.90 Å². The summed E-state index contributed by atoms with van der Waals surface area (Å²) in [5, 5.41) is 10.5. The summed E-state index contributed by atoms with van der Waals surface area (Å²) in [6, 6.07) is 1.33. The lowest BCUT2D eigenvalue weighted by atomic mass is 9.91. The summed E-state index contributed by atoms with van der Waals surface area (Å²) in [5.41, 5.74) is 0.795. The molecular weight excluding hydrogens is 284 g/mol. The molecule has 2 atom stereocenters. The van der Waals surface area contributed by atoms with Crippen LogP contribution in [0, 0.1) is 5.92 Å². The van der Waals surface area contributed by atoms with E-state index < -0.39 is 5.97 Å². The molecule has 3 rings (SSSR count). The zero-order valence-electron chi connectivity index (χ0n) is 13.0. The summed E-state index contributed by atoms with van der Waals surface area (Å²) in [6.45, 7) is 4.22. The topological polar surface area (TPSA) is 53.4 Å². The third kappa shape index (κ3) is 2.86. The molecule has 0 aromatic carbocycles. The Hall–Kier alpha value is -0.940. The molecule has 0 saturated carbocycles. The highest BCUT2D eigenvalue weighted by Crippen LogP contribution is 2.43. The van der Waals surface area contributed by atoms with E-state index in [1.807, 2.05) is 0 Å². The van der Waals surface area contributed by atoms with Crippen LogP contribution in [0.5, 0.6) is 0 Å². The van der Waals surface area contributed by atoms with Crippen molar-refractivity contribution in [3.05, 3.63) is 15.6 Å². The number of aromatic nitrogens is 1. The SMILES string of the molecule is CC(C)Cc1nc(C2CC3CCC(C2)N3C)sc1C(=O)O. The first-order valence-electron chi connectivity index (χ1n) is 7.90. The Morgan fingerprint density at radius 3 is 2.52 bits per heavy atom. The van der Waals surface area contributed by atoms with Crippen molar-refractivity contribution in [1.29, 1.82) is 0 Å². The third-order valence-electron chi connectivity index (χ3n) is 4.96. The lowest BCUT2D eigenvalue weighted by Crippen LogP contribution is -2.39. The Morgan fingerprint density at radius 1 is 1.38 bits per heavy atom. The number of hydrogen-bond donors (Lipinski definition) is 1. The van der Waals surface area contributed by atoms with Gasteiger partial charge in [-0.1, -0.05) is 13.8 Å². The van der Waals surface area contributed by atoms with Crippen LogP contribution in [0.2, 0.25) is 0 Å². The summed E-state index contributed by atoms with van der Waals surface area (Å²) in [6.07, 6.45) is 5.61. The molecule has 0 amide bonds. The van der Waals surface area contributed by atoms with Crippen molar-refractivity contribution in [2.24, 2.45) is 5.92 Å². The highest BCUT2D eigenvalue weighted by molar-refractivity contribution is 7.13. The van der Waals surface area contributed by atoms with Crippen molar-refractivity contribution >= 4 is 17.3 Å². The van der Waals surface area contributed by atoms with Gasteiger partial charge in [0.15, 0.2) is 0 Å². The number of hydrogen-bond acceptors (Lipinski definition) is 4. The minimum Gasteiger partial charge on any atom is -0.477 e. The van der Waals surface area contributed by atoms with Gasteiger partial charge in [-0.2, -0.15) is 0 Å². The van der Waals surface area contributed by atoms with E-state index in [2.05, 4.69) is 25.8 Å². The molecule has 0 spiro atoms. The van der Waals surface area contributed by atoms with Gasteiger partial charge < -0.3 is 10.0 Å². The molecule has 1 aromatic heterocycles. The fraction of sp³-hybridized carbons (Fsp3) is 0.750. The van der Waals surface area contributed by atoms with E-state index >= 15 is 0 Å². The predicted octanol–water partition coefficient (Wildman–Crippen LogP) is 3.38. The molecule has 116 valence electrons. The number of fused-ring (bicyclic) bond motifs is 2. The van der Waals surface area contributed by atoms with E-state index in [0.717, 1.165) is 30.0 Å². The van der Waals surface area contributed by atoms with Crippen molar-refractivity contribution in [2.75, 3.05) is 7.05 Å². The lowest BCUT2D eigenvalue weighted by Gasteiger charge is -2.35. The van der Waals surface area contributed by atoms with Crippen LogP contribution in [0.25, 0.3) is 0 Å². The normalized spacial score (nSPS) is 29.2. The van der Waals surface area contributed by atoms with Gasteiger partial charge in [0.25, 0.3) is 0 Å². The molecule has 4 nitrogen and oxygen atoms in total. The van der Waals surface area contributed by atoms with E-state index in [1.165, 1.54) is 24.2 Å². The van der Waals surface area contributed by atoms with Crippen LogP contribution in [-0.2, 0) is 6.42 Å². The maximum Gasteiger partial charge on any atom is 0.347 e. The number of carbonyl (C=O) groups is 1. The summed E-state index contributed by atoms with van der Waals surface area (Å²) < 4.78 is 0. The van der Waals surface area contributed by atoms with Crippen LogP contribution in [0.1, 0.15) is 65.8 Å². The Kier molecular flexibility index (Phi) is 4.06. The molecule has 2 unspecified atom stereocenters. The third-order valence-corrected chi connectivity index (χ3v) is 6.21. The average Bonchev–Trinajstić information content (AvgIpc) is 2.87. The van der Waals surface area contributed by atoms with Crippen molar-refractivity contribution in [3.8, 4) is 0 Å². The monoisotopic (exact) mass is 308 g/mol. The molecular formula is C16H24N2O2S. The molecule has 2 aliphatic rings. The quantitative estimate of drug-likeness (QED) is 0.926. The molecule has 5 heteroatoms. The second kappa shape index (κ2) is 5.69. The second-order valence-electron chi connectivity index (χ2n) is 6.95. The number of piperidine rings is 1. The summed E-state index contributed by atoms with van der Waals surface area (Å²) >= 11 is 1.42. The van der Waals surface area contributed by atoms with Gasteiger partial charge in [-0.25, -0.2) is 9.78 Å². The molecule has 1 N–H and O–H groups in total. The first-order valence-corrected chi connectivity index (χ1v) is 8.72. The molecule has 0 radical (unpaired) electrons. The van der Waals surface area contributed by atoms with Gasteiger partial charge in [0.05, 0.1) is 10.7 Å². The van der Waals surface area contributed by atoms with Gasteiger partial charge in [0.2, 0.25) is 0 Å². The molecule has 1 aromatic rings. The van der Waals surface area contributed by atoms with Crippen LogP contribution in [0.4, 0.5) is 0 Å². The first-order chi connectivity index (χ1) is 9.95. The van der Waals surface area contributed by atoms with Crippen LogP contribution in [-0.4, -0.2) is 40.1 Å². The number of carboxylic acid groups (broad SMARTS) is 1. The van der Waals surface area contributed by atoms with Crippen molar-refractivity contribution < 1.29 is 9.90 Å². The first kappa shape index (κ1) is 15.0. The fourth-order valence-corrected chi connectivity index (χ4v) is 4.91. The summed E-state index contributed by atoms with van der Waals surface area (Å²) in [5.74, 6) is 0.0831. The Balaban J connectivity index is 1.84. The maximum absolute atomic E-state index is 11.5. The zero-order valence-corrected chi connectivity index (χ0v) is 13.8. The predicted molar refractivity (Wildman–Crippen MR) is 84.2 cm³/mol. The average molecular weight is 308 g/mol. The highest BCUT2D eigenvalue weighted by atomic mass is 32.1. The van der Waals surface area contributed by atoms with Crippen molar-refractivity contribution in [3.63, 3.8) is 0 Å². The molecule has 0 aliphatic carbocycles. The molecule has 2 fully saturated rings. The van der Waals surface area contributed by atoms with Gasteiger partial charge in [0, 0.05) is 18.0 Å². The van der Waals surface area contributed by atoms with E-state index in [4.69, 9.17) is 4.98 Å². The maximum atomic E-state index is 11.5. The molecule has 2 aliphatic heterocycles. The summed E-state index contributed by atoms with van der Waals surface area (Å²) in [4.78, 5) is 19.2. The molecule has 2 saturated heterocycles. The van der Waals surface area contributed by atoms with Crippen LogP contribution < -0.4 is 0 Å². The van der Waals surface area contributed by atoms with Crippen LogP contribution in [0.3, 0.4) is 0 Å². The van der Waals surface area contributed by atoms with Crippen molar-refractivity contribution in [2.45, 2.75) is 64.0 Å². The minimum absolute atomic E-state index is 0.437. The Morgan fingerprint density at radius 2 is 2.00 bits per heavy atom. The lowest BCUT2D eigenvalue weighted by molar-refractivity contribution is 0.0700. The molecule has 21 heavy (non-hydrogen) atoms. The Labute approximate surface area is 130 Å². The van der Waals surface area contributed by atoms with Gasteiger partial charge in [-0.3, -0.25) is 0 Å². The van der Waals surface area contributed by atoms with Gasteiger partial charge >= 0.3 is 5.97 Å². The van der Waals surface area contributed by atoms with E-state index in [-0.39, 0.29) is 0 Å². The minimum atomic E-state index is -0.815. The van der Waals surface area contributed by atoms with E-state index in [0.29, 0.717) is 28.8 Å². The van der Waals surface area contributed by atoms with Crippen LogP contribution >= 0.6 is 11.3 Å². The largest absolute Gasteiger partial charge is 0.477 e. The van der Waals surface area contributed by atoms with Gasteiger partial charge in [0.1, 0.15) is 4.88 Å². The van der Waals surface area contributed by atoms with Crippen molar-refractivity contribution in [1.82, 2.24) is 9.88 Å². The molecule has 2 bridgehead atoms. The Bertz CT molecular complexity index is 526. The van der Waals surface area contributed by atoms with Crippen LogP contribution in [0.15, 0.2) is 0 Å². The van der Waals surface area contributed by atoms with Gasteiger partial charge in [-0.05, 0) is 45.1 Å². The highest BCUT2D eigenvalue weighted by Gasteiger charge is 2.40. The number of aromatic carboxylic acids is 1. The second-order valence-corrected chi connectivity index (χ2v) is 7.98. The number of nitrogens with zero attached hydrogens (tertiary/aromatic N) is 2.